The van der Waals surface area contributed by atoms with Crippen LogP contribution in [0, 0.1) is 32.5 Å². The number of rotatable bonds is 8. The van der Waals surface area contributed by atoms with Crippen LogP contribution in [0.3, 0.4) is 0 Å². The lowest BCUT2D eigenvalue weighted by atomic mass is 9.66. The van der Waals surface area contributed by atoms with Crippen LogP contribution in [-0.4, -0.2) is 39.9 Å². The topological polar surface area (TPSA) is 105 Å². The maximum Gasteiger partial charge on any atom is 0.255 e. The fourth-order valence-electron chi connectivity index (χ4n) is 8.09. The zero-order valence-electron chi connectivity index (χ0n) is 27.4. The molecule has 3 heterocycles. The quantitative estimate of drug-likeness (QED) is 0.199. The van der Waals surface area contributed by atoms with Crippen LogP contribution in [0.5, 0.6) is 0 Å². The molecule has 8 rings (SSSR count). The molecule has 2 saturated carbocycles. The molecule has 2 aliphatic carbocycles. The van der Waals surface area contributed by atoms with Gasteiger partial charge in [-0.3, -0.25) is 19.7 Å². The lowest BCUT2D eigenvalue weighted by Gasteiger charge is -2.42. The molecule has 1 saturated heterocycles. The number of carbonyl (C=O) groups excluding carboxylic acids is 3. The van der Waals surface area contributed by atoms with Gasteiger partial charge in [0.2, 0.25) is 11.8 Å². The van der Waals surface area contributed by atoms with Gasteiger partial charge in [0.25, 0.3) is 5.91 Å². The number of benzene rings is 3. The van der Waals surface area contributed by atoms with E-state index in [2.05, 4.69) is 65.2 Å². The first-order valence-electron chi connectivity index (χ1n) is 17.0. The lowest BCUT2D eigenvalue weighted by Crippen LogP contribution is -2.52. The van der Waals surface area contributed by atoms with Crippen LogP contribution in [0.1, 0.15) is 100.0 Å². The number of hydrogen-bond acceptors (Lipinski definition) is 6. The minimum Gasteiger partial charge on any atom is -0.380 e. The minimum absolute atomic E-state index is 0.0459. The SMILES string of the molecule is Cc1ccc(-c2c(C)noc2C)cc1C(c1ccc(C2CC2)cc1)C1CC(Nc2cc3c(cc2F)CN(C2CCC(=O)NC2=O)C3=O)C1. The molecule has 9 heteroatoms. The molecule has 0 spiro atoms. The van der Waals surface area contributed by atoms with Gasteiger partial charge in [0, 0.05) is 36.1 Å². The highest BCUT2D eigenvalue weighted by molar-refractivity contribution is 6.05. The van der Waals surface area contributed by atoms with Crippen LogP contribution in [0.2, 0.25) is 0 Å². The van der Waals surface area contributed by atoms with E-state index < -0.39 is 17.8 Å². The number of imide groups is 1. The maximum absolute atomic E-state index is 15.5. The second-order valence-corrected chi connectivity index (χ2v) is 14.2. The summed E-state index contributed by atoms with van der Waals surface area (Å²) in [4.78, 5) is 38.9. The number of aromatic nitrogens is 1. The first kappa shape index (κ1) is 30.5. The molecule has 48 heavy (non-hydrogen) atoms. The zero-order valence-corrected chi connectivity index (χ0v) is 27.4. The Kier molecular flexibility index (Phi) is 7.46. The van der Waals surface area contributed by atoms with Crippen LogP contribution < -0.4 is 10.6 Å². The van der Waals surface area contributed by atoms with Gasteiger partial charge >= 0.3 is 0 Å². The summed E-state index contributed by atoms with van der Waals surface area (Å²) in [5.41, 5.74) is 9.45. The summed E-state index contributed by atoms with van der Waals surface area (Å²) in [6, 6.07) is 18.1. The van der Waals surface area contributed by atoms with E-state index in [4.69, 9.17) is 4.52 Å². The lowest BCUT2D eigenvalue weighted by molar-refractivity contribution is -0.136. The molecule has 3 aromatic carbocycles. The Bertz CT molecular complexity index is 1940. The molecule has 3 fully saturated rings. The first-order valence-corrected chi connectivity index (χ1v) is 17.0. The maximum atomic E-state index is 15.5. The highest BCUT2D eigenvalue weighted by Gasteiger charge is 2.41. The van der Waals surface area contributed by atoms with Gasteiger partial charge in [0.15, 0.2) is 0 Å². The molecule has 2 atom stereocenters. The summed E-state index contributed by atoms with van der Waals surface area (Å²) < 4.78 is 21.0. The predicted octanol–water partition coefficient (Wildman–Crippen LogP) is 7.07. The third-order valence-electron chi connectivity index (χ3n) is 10.9. The number of aryl methyl sites for hydroxylation is 3. The number of amides is 3. The van der Waals surface area contributed by atoms with Gasteiger partial charge in [0.05, 0.1) is 11.4 Å². The Morgan fingerprint density at radius 3 is 2.44 bits per heavy atom. The van der Waals surface area contributed by atoms with Crippen LogP contribution in [0.15, 0.2) is 59.1 Å². The third kappa shape index (κ3) is 5.39. The molecular formula is C39H39FN4O4. The monoisotopic (exact) mass is 646 g/mol. The fraction of sp³-hybridized carbons (Fsp3) is 0.385. The summed E-state index contributed by atoms with van der Waals surface area (Å²) in [5.74, 6) is 0.441. The van der Waals surface area contributed by atoms with Crippen LogP contribution >= 0.6 is 0 Å². The van der Waals surface area contributed by atoms with Crippen molar-refractivity contribution in [3.63, 3.8) is 0 Å². The van der Waals surface area contributed by atoms with Crippen molar-refractivity contribution >= 4 is 23.4 Å². The summed E-state index contributed by atoms with van der Waals surface area (Å²) in [7, 11) is 0. The van der Waals surface area contributed by atoms with Crippen molar-refractivity contribution in [2.24, 2.45) is 5.92 Å². The molecule has 0 bridgehead atoms. The number of anilines is 1. The van der Waals surface area contributed by atoms with Crippen molar-refractivity contribution in [2.45, 2.75) is 89.8 Å². The minimum atomic E-state index is -0.732. The number of carbonyl (C=O) groups is 3. The number of piperidine rings is 1. The molecular weight excluding hydrogens is 607 g/mol. The Labute approximate surface area is 279 Å². The smallest absolute Gasteiger partial charge is 0.255 e. The van der Waals surface area contributed by atoms with Crippen molar-refractivity contribution in [3.8, 4) is 11.1 Å². The van der Waals surface area contributed by atoms with Gasteiger partial charge in [-0.1, -0.05) is 47.6 Å². The highest BCUT2D eigenvalue weighted by atomic mass is 19.1. The third-order valence-corrected chi connectivity index (χ3v) is 10.9. The molecule has 4 aromatic rings. The average Bonchev–Trinajstić information content (AvgIpc) is 3.78. The largest absolute Gasteiger partial charge is 0.380 e. The van der Waals surface area contributed by atoms with Crippen molar-refractivity contribution in [1.82, 2.24) is 15.4 Å². The highest BCUT2D eigenvalue weighted by Crippen LogP contribution is 2.48. The molecule has 2 N–H and O–H groups in total. The Morgan fingerprint density at radius 1 is 0.979 bits per heavy atom. The van der Waals surface area contributed by atoms with E-state index in [-0.39, 0.29) is 43.2 Å². The fourth-order valence-corrected chi connectivity index (χ4v) is 8.09. The first-order chi connectivity index (χ1) is 23.1. The number of nitrogens with zero attached hydrogens (tertiary/aromatic N) is 2. The van der Waals surface area contributed by atoms with Crippen molar-refractivity contribution in [3.05, 3.63) is 105 Å². The van der Waals surface area contributed by atoms with Crippen molar-refractivity contribution < 1.29 is 23.3 Å². The van der Waals surface area contributed by atoms with Gasteiger partial charge in [-0.05, 0) is 110 Å². The molecule has 246 valence electrons. The second-order valence-electron chi connectivity index (χ2n) is 14.2. The van der Waals surface area contributed by atoms with Gasteiger partial charge in [-0.2, -0.15) is 0 Å². The number of fused-ring (bicyclic) bond motifs is 1. The van der Waals surface area contributed by atoms with Crippen LogP contribution in [0.4, 0.5) is 10.1 Å². The summed E-state index contributed by atoms with van der Waals surface area (Å²) in [5, 5.41) is 9.91. The van der Waals surface area contributed by atoms with Crippen LogP contribution in [0.25, 0.3) is 11.1 Å². The molecule has 8 nitrogen and oxygen atoms in total. The predicted molar refractivity (Wildman–Crippen MR) is 179 cm³/mol. The van der Waals surface area contributed by atoms with Gasteiger partial charge in [-0.25, -0.2) is 4.39 Å². The van der Waals surface area contributed by atoms with E-state index in [0.717, 1.165) is 35.4 Å². The van der Waals surface area contributed by atoms with E-state index in [1.807, 2.05) is 13.8 Å². The molecule has 2 aliphatic heterocycles. The van der Waals surface area contributed by atoms with Crippen molar-refractivity contribution in [2.75, 3.05) is 5.32 Å². The Morgan fingerprint density at radius 2 is 1.75 bits per heavy atom. The Balaban J connectivity index is 1.04. The number of hydrogen-bond donors (Lipinski definition) is 2. The normalized spacial score (nSPS) is 22.7. The second kappa shape index (κ2) is 11.7. The van der Waals surface area contributed by atoms with E-state index in [0.29, 0.717) is 28.7 Å². The van der Waals surface area contributed by atoms with E-state index in [9.17, 15) is 14.4 Å². The summed E-state index contributed by atoms with van der Waals surface area (Å²) in [6.45, 7) is 6.24. The Hall–Kier alpha value is -4.79. The summed E-state index contributed by atoms with van der Waals surface area (Å²) >= 11 is 0. The molecule has 1 aromatic heterocycles. The van der Waals surface area contributed by atoms with E-state index in [1.54, 1.807) is 6.07 Å². The van der Waals surface area contributed by atoms with Gasteiger partial charge < -0.3 is 14.7 Å². The average molecular weight is 647 g/mol. The van der Waals surface area contributed by atoms with Crippen LogP contribution in [-0.2, 0) is 16.1 Å². The molecule has 2 unspecified atom stereocenters. The van der Waals surface area contributed by atoms with E-state index in [1.165, 1.54) is 46.1 Å². The van der Waals surface area contributed by atoms with E-state index >= 15 is 4.39 Å². The standard InChI is InChI=1S/C39H39FN4O4/c1-20-4-5-26(36-21(2)43-48-22(36)3)16-30(20)37(25-10-8-24(9-11-25)23-6-7-23)27-14-29(15-27)41-33-18-31-28(17-32(33)40)19-44(39(31)47)34-12-13-35(45)42-38(34)46/h4-5,8-11,16-18,23,27,29,34,37,41H,6-7,12-15,19H2,1-3H3,(H,42,45,46). The molecule has 3 amide bonds. The summed E-state index contributed by atoms with van der Waals surface area (Å²) in [6.07, 6.45) is 4.66. The zero-order chi connectivity index (χ0) is 33.3. The van der Waals surface area contributed by atoms with Gasteiger partial charge in [-0.15, -0.1) is 0 Å². The number of halogens is 1. The molecule has 4 aliphatic rings. The number of nitrogens with one attached hydrogen (secondary N) is 2. The van der Waals surface area contributed by atoms with Gasteiger partial charge in [0.1, 0.15) is 17.6 Å². The molecule has 0 radical (unpaired) electrons. The van der Waals surface area contributed by atoms with Crippen molar-refractivity contribution in [1.29, 1.82) is 0 Å².